The fourth-order valence-corrected chi connectivity index (χ4v) is 2.74. The zero-order chi connectivity index (χ0) is 12.3. The minimum atomic E-state index is 0.235. The average molecular weight is 233 g/mol. The Morgan fingerprint density at radius 1 is 1.24 bits per heavy atom. The van der Waals surface area contributed by atoms with Crippen LogP contribution in [0.15, 0.2) is 12.1 Å². The van der Waals surface area contributed by atoms with Gasteiger partial charge in [-0.25, -0.2) is 0 Å². The molecule has 2 N–H and O–H groups in total. The fraction of sp³-hybridized carbons (Fsp3) is 0.600. The molecule has 94 valence electrons. The van der Waals surface area contributed by atoms with Gasteiger partial charge in [-0.05, 0) is 68.7 Å². The summed E-state index contributed by atoms with van der Waals surface area (Å²) < 4.78 is 5.73. The molecule has 0 saturated heterocycles. The first-order valence-electron chi connectivity index (χ1n) is 6.74. The van der Waals surface area contributed by atoms with Gasteiger partial charge in [-0.2, -0.15) is 0 Å². The van der Waals surface area contributed by atoms with Gasteiger partial charge in [0, 0.05) is 6.04 Å². The van der Waals surface area contributed by atoms with Crippen molar-refractivity contribution < 1.29 is 4.74 Å². The third-order valence-electron chi connectivity index (χ3n) is 3.43. The number of fused-ring (bicyclic) bond motifs is 1. The van der Waals surface area contributed by atoms with Gasteiger partial charge >= 0.3 is 0 Å². The zero-order valence-electron chi connectivity index (χ0n) is 11.0. The minimum absolute atomic E-state index is 0.235. The van der Waals surface area contributed by atoms with Crippen LogP contribution in [0, 0.1) is 0 Å². The van der Waals surface area contributed by atoms with Crippen molar-refractivity contribution in [2.24, 2.45) is 5.73 Å². The zero-order valence-corrected chi connectivity index (χ0v) is 11.0. The first kappa shape index (κ1) is 12.4. The third-order valence-corrected chi connectivity index (χ3v) is 3.43. The van der Waals surface area contributed by atoms with E-state index < -0.39 is 0 Å². The number of nitrogens with two attached hydrogens (primary N) is 1. The van der Waals surface area contributed by atoms with Gasteiger partial charge in [-0.15, -0.1) is 0 Å². The first-order chi connectivity index (χ1) is 8.22. The molecule has 17 heavy (non-hydrogen) atoms. The molecule has 0 radical (unpaired) electrons. The molecule has 0 aromatic heterocycles. The molecular weight excluding hydrogens is 210 g/mol. The Morgan fingerprint density at radius 3 is 2.59 bits per heavy atom. The van der Waals surface area contributed by atoms with Gasteiger partial charge in [0.1, 0.15) is 5.75 Å². The standard InChI is InChI=1S/C15H23NO/c1-3-17-15-9-8-12(10-11(2)16)13-6-4-5-7-14(13)15/h8-9,11H,3-7,10,16H2,1-2H3. The van der Waals surface area contributed by atoms with Crippen molar-refractivity contribution in [3.63, 3.8) is 0 Å². The lowest BCUT2D eigenvalue weighted by atomic mass is 9.86. The summed E-state index contributed by atoms with van der Waals surface area (Å²) in [6.45, 7) is 4.87. The van der Waals surface area contributed by atoms with Gasteiger partial charge < -0.3 is 10.5 Å². The van der Waals surface area contributed by atoms with Crippen LogP contribution in [-0.4, -0.2) is 12.6 Å². The van der Waals surface area contributed by atoms with E-state index in [2.05, 4.69) is 19.1 Å². The summed E-state index contributed by atoms with van der Waals surface area (Å²) in [7, 11) is 0. The Bertz CT molecular complexity index is 385. The summed E-state index contributed by atoms with van der Waals surface area (Å²) in [5.41, 5.74) is 10.3. The van der Waals surface area contributed by atoms with Gasteiger partial charge in [0.05, 0.1) is 6.61 Å². The van der Waals surface area contributed by atoms with E-state index in [1.165, 1.54) is 36.0 Å². The van der Waals surface area contributed by atoms with Crippen LogP contribution in [-0.2, 0) is 19.3 Å². The van der Waals surface area contributed by atoms with Gasteiger partial charge in [0.15, 0.2) is 0 Å². The van der Waals surface area contributed by atoms with Gasteiger partial charge in [-0.1, -0.05) is 6.07 Å². The fourth-order valence-electron chi connectivity index (χ4n) is 2.74. The summed E-state index contributed by atoms with van der Waals surface area (Å²) >= 11 is 0. The molecule has 0 amide bonds. The molecule has 0 fully saturated rings. The largest absolute Gasteiger partial charge is 0.494 e. The lowest BCUT2D eigenvalue weighted by molar-refractivity contribution is 0.334. The summed E-state index contributed by atoms with van der Waals surface area (Å²) in [4.78, 5) is 0. The molecule has 2 rings (SSSR count). The molecule has 0 heterocycles. The van der Waals surface area contributed by atoms with Crippen LogP contribution in [0.2, 0.25) is 0 Å². The Morgan fingerprint density at radius 2 is 1.94 bits per heavy atom. The molecule has 1 unspecified atom stereocenters. The van der Waals surface area contributed by atoms with Crippen molar-refractivity contribution >= 4 is 0 Å². The second-order valence-electron chi connectivity index (χ2n) is 5.00. The topological polar surface area (TPSA) is 35.2 Å². The molecule has 2 heteroatoms. The number of rotatable bonds is 4. The Hall–Kier alpha value is -1.02. The quantitative estimate of drug-likeness (QED) is 0.868. The normalized spacial score (nSPS) is 16.4. The van der Waals surface area contributed by atoms with Crippen LogP contribution >= 0.6 is 0 Å². The Kier molecular flexibility index (Phi) is 4.06. The lowest BCUT2D eigenvalue weighted by Gasteiger charge is -2.23. The number of benzene rings is 1. The predicted molar refractivity (Wildman–Crippen MR) is 71.6 cm³/mol. The minimum Gasteiger partial charge on any atom is -0.494 e. The van der Waals surface area contributed by atoms with Crippen LogP contribution in [0.5, 0.6) is 5.75 Å². The van der Waals surface area contributed by atoms with E-state index in [1.807, 2.05) is 6.92 Å². The molecule has 0 aliphatic heterocycles. The van der Waals surface area contributed by atoms with Crippen LogP contribution in [0.4, 0.5) is 0 Å². The summed E-state index contributed by atoms with van der Waals surface area (Å²) in [6, 6.07) is 4.57. The van der Waals surface area contributed by atoms with E-state index in [0.29, 0.717) is 0 Å². The third kappa shape index (κ3) is 2.81. The Balaban J connectivity index is 2.36. The van der Waals surface area contributed by atoms with Crippen molar-refractivity contribution in [3.05, 3.63) is 28.8 Å². The molecule has 0 saturated carbocycles. The summed E-state index contributed by atoms with van der Waals surface area (Å²) in [5.74, 6) is 1.09. The maximum atomic E-state index is 5.92. The average Bonchev–Trinajstić information content (AvgIpc) is 2.32. The van der Waals surface area contributed by atoms with Gasteiger partial charge in [-0.3, -0.25) is 0 Å². The van der Waals surface area contributed by atoms with Crippen LogP contribution < -0.4 is 10.5 Å². The molecule has 1 aliphatic rings. The number of hydrogen-bond acceptors (Lipinski definition) is 2. The van der Waals surface area contributed by atoms with E-state index in [0.717, 1.165) is 25.2 Å². The van der Waals surface area contributed by atoms with E-state index in [4.69, 9.17) is 10.5 Å². The monoisotopic (exact) mass is 233 g/mol. The van der Waals surface area contributed by atoms with Crippen LogP contribution in [0.3, 0.4) is 0 Å². The smallest absolute Gasteiger partial charge is 0.122 e. The second-order valence-corrected chi connectivity index (χ2v) is 5.00. The second kappa shape index (κ2) is 5.54. The van der Waals surface area contributed by atoms with Crippen molar-refractivity contribution in [2.75, 3.05) is 6.61 Å². The number of ether oxygens (including phenoxy) is 1. The molecule has 1 atom stereocenters. The highest BCUT2D eigenvalue weighted by atomic mass is 16.5. The van der Waals surface area contributed by atoms with Crippen molar-refractivity contribution in [3.8, 4) is 5.75 Å². The lowest BCUT2D eigenvalue weighted by Crippen LogP contribution is -2.20. The highest BCUT2D eigenvalue weighted by Gasteiger charge is 2.18. The first-order valence-corrected chi connectivity index (χ1v) is 6.74. The van der Waals surface area contributed by atoms with E-state index in [-0.39, 0.29) is 6.04 Å². The number of hydrogen-bond donors (Lipinski definition) is 1. The van der Waals surface area contributed by atoms with Gasteiger partial charge in [0.2, 0.25) is 0 Å². The molecule has 1 aliphatic carbocycles. The van der Waals surface area contributed by atoms with E-state index in [1.54, 1.807) is 0 Å². The van der Waals surface area contributed by atoms with Crippen molar-refractivity contribution in [1.82, 2.24) is 0 Å². The molecule has 0 spiro atoms. The Labute approximate surface area is 104 Å². The highest BCUT2D eigenvalue weighted by molar-refractivity contribution is 5.46. The van der Waals surface area contributed by atoms with Crippen molar-refractivity contribution in [1.29, 1.82) is 0 Å². The molecular formula is C15H23NO. The van der Waals surface area contributed by atoms with E-state index in [9.17, 15) is 0 Å². The molecule has 2 nitrogen and oxygen atoms in total. The SMILES string of the molecule is CCOc1ccc(CC(C)N)c2c1CCCC2. The maximum Gasteiger partial charge on any atom is 0.122 e. The predicted octanol–water partition coefficient (Wildman–Crippen LogP) is 2.85. The molecule has 1 aromatic carbocycles. The summed E-state index contributed by atoms with van der Waals surface area (Å²) in [5, 5.41) is 0. The van der Waals surface area contributed by atoms with Gasteiger partial charge in [0.25, 0.3) is 0 Å². The highest BCUT2D eigenvalue weighted by Crippen LogP contribution is 2.32. The molecule has 1 aromatic rings. The summed E-state index contributed by atoms with van der Waals surface area (Å²) in [6.07, 6.45) is 5.92. The van der Waals surface area contributed by atoms with Crippen LogP contribution in [0.25, 0.3) is 0 Å². The van der Waals surface area contributed by atoms with Crippen molar-refractivity contribution in [2.45, 2.75) is 52.0 Å². The molecule has 0 bridgehead atoms. The van der Waals surface area contributed by atoms with Crippen LogP contribution in [0.1, 0.15) is 43.4 Å². The van der Waals surface area contributed by atoms with E-state index >= 15 is 0 Å². The maximum absolute atomic E-state index is 5.92.